The normalized spacial score (nSPS) is 14.4. The summed E-state index contributed by atoms with van der Waals surface area (Å²) in [7, 11) is 3.21. The van der Waals surface area contributed by atoms with Gasteiger partial charge in [0.15, 0.2) is 0 Å². The summed E-state index contributed by atoms with van der Waals surface area (Å²) in [5.74, 6) is 1.14. The monoisotopic (exact) mass is 367 g/mol. The molecule has 0 atom stereocenters. The van der Waals surface area contributed by atoms with Crippen LogP contribution in [0.5, 0.6) is 11.5 Å². The summed E-state index contributed by atoms with van der Waals surface area (Å²) in [4.78, 5) is 19.4. The molecular weight excluding hydrogens is 338 g/mol. The van der Waals surface area contributed by atoms with Crippen LogP contribution in [0.25, 0.3) is 0 Å². The minimum atomic E-state index is -0.197. The van der Waals surface area contributed by atoms with Gasteiger partial charge >= 0.3 is 0 Å². The van der Waals surface area contributed by atoms with Crippen molar-refractivity contribution in [3.8, 4) is 11.5 Å². The first-order chi connectivity index (χ1) is 12.6. The Hall–Kier alpha value is -2.03. The number of nitrogens with one attached hydrogen (secondary N) is 1. The summed E-state index contributed by atoms with van der Waals surface area (Å²) in [6.45, 7) is 7.92. The maximum Gasteiger partial charge on any atom is 0.241 e. The number of morpholine rings is 1. The van der Waals surface area contributed by atoms with Gasteiger partial charge in [0, 0.05) is 32.3 Å². The second-order valence-electron chi connectivity index (χ2n) is 5.80. The Bertz CT molecular complexity index is 590. The zero-order valence-corrected chi connectivity index (χ0v) is 16.0. The molecule has 1 aromatic carbocycles. The van der Waals surface area contributed by atoms with Gasteiger partial charge in [0.1, 0.15) is 18.0 Å². The highest BCUT2D eigenvalue weighted by Gasteiger charge is 2.20. The van der Waals surface area contributed by atoms with Gasteiger partial charge in [-0.25, -0.2) is 0 Å². The average Bonchev–Trinajstić information content (AvgIpc) is 2.64. The van der Waals surface area contributed by atoms with E-state index in [1.54, 1.807) is 7.05 Å². The van der Waals surface area contributed by atoms with Gasteiger partial charge in [-0.05, 0) is 13.8 Å². The van der Waals surface area contributed by atoms with Crippen molar-refractivity contribution in [2.75, 3.05) is 70.4 Å². The van der Waals surface area contributed by atoms with Crippen LogP contribution in [0.2, 0.25) is 0 Å². The van der Waals surface area contributed by atoms with E-state index in [4.69, 9.17) is 19.0 Å². The molecule has 146 valence electrons. The van der Waals surface area contributed by atoms with Gasteiger partial charge in [-0.2, -0.15) is 5.06 Å². The molecule has 1 fully saturated rings. The van der Waals surface area contributed by atoms with Crippen molar-refractivity contribution in [2.45, 2.75) is 13.8 Å². The molecule has 8 nitrogen and oxygen atoms in total. The standard InChI is InChI=1S/C18H29N3O5/c1-5-25-16-12-15(21-7-9-24-10-8-21)17(26-6-2)11-14(16)19-18(22)13-20(3)23-4/h11-12H,5-10,13H2,1-4H3,(H,19,22). The number of benzene rings is 1. The van der Waals surface area contributed by atoms with Crippen LogP contribution in [0.3, 0.4) is 0 Å². The Labute approximate surface area is 154 Å². The lowest BCUT2D eigenvalue weighted by Gasteiger charge is -2.31. The molecule has 0 saturated carbocycles. The molecule has 2 rings (SSSR count). The number of hydrogen-bond donors (Lipinski definition) is 1. The van der Waals surface area contributed by atoms with Crippen molar-refractivity contribution in [1.82, 2.24) is 5.06 Å². The quantitative estimate of drug-likeness (QED) is 0.667. The van der Waals surface area contributed by atoms with Crippen LogP contribution >= 0.6 is 0 Å². The van der Waals surface area contributed by atoms with Crippen molar-refractivity contribution in [1.29, 1.82) is 0 Å². The van der Waals surface area contributed by atoms with Crippen LogP contribution in [-0.2, 0) is 14.4 Å². The fraction of sp³-hybridized carbons (Fsp3) is 0.611. The molecule has 1 saturated heterocycles. The third-order valence-electron chi connectivity index (χ3n) is 3.96. The lowest BCUT2D eigenvalue weighted by molar-refractivity contribution is -0.137. The van der Waals surface area contributed by atoms with Crippen molar-refractivity contribution in [3.63, 3.8) is 0 Å². The molecule has 8 heteroatoms. The molecule has 1 N–H and O–H groups in total. The number of hydrogen-bond acceptors (Lipinski definition) is 7. The van der Waals surface area contributed by atoms with Gasteiger partial charge in [-0.3, -0.25) is 4.79 Å². The molecule has 1 aliphatic rings. The van der Waals surface area contributed by atoms with Crippen molar-refractivity contribution >= 4 is 17.3 Å². The van der Waals surface area contributed by atoms with Crippen LogP contribution in [0.4, 0.5) is 11.4 Å². The van der Waals surface area contributed by atoms with Crippen LogP contribution in [0.1, 0.15) is 13.8 Å². The van der Waals surface area contributed by atoms with Crippen LogP contribution in [0.15, 0.2) is 12.1 Å². The molecule has 0 spiro atoms. The minimum Gasteiger partial charge on any atom is -0.492 e. The Kier molecular flexibility index (Phi) is 7.96. The minimum absolute atomic E-state index is 0.108. The number of amides is 1. The zero-order chi connectivity index (χ0) is 18.9. The van der Waals surface area contributed by atoms with Crippen molar-refractivity contribution < 1.29 is 23.8 Å². The molecular formula is C18H29N3O5. The third-order valence-corrected chi connectivity index (χ3v) is 3.96. The molecule has 1 heterocycles. The zero-order valence-electron chi connectivity index (χ0n) is 16.0. The van der Waals surface area contributed by atoms with E-state index >= 15 is 0 Å². The van der Waals surface area contributed by atoms with Crippen molar-refractivity contribution in [3.05, 3.63) is 12.1 Å². The van der Waals surface area contributed by atoms with E-state index in [0.29, 0.717) is 43.6 Å². The Morgan fingerprint density at radius 3 is 2.46 bits per heavy atom. The highest BCUT2D eigenvalue weighted by Crippen LogP contribution is 2.39. The molecule has 0 unspecified atom stereocenters. The molecule has 26 heavy (non-hydrogen) atoms. The molecule has 1 amide bonds. The maximum absolute atomic E-state index is 12.2. The Morgan fingerprint density at radius 2 is 1.85 bits per heavy atom. The number of anilines is 2. The molecule has 0 bridgehead atoms. The largest absolute Gasteiger partial charge is 0.492 e. The van der Waals surface area contributed by atoms with Gasteiger partial charge < -0.3 is 29.3 Å². The van der Waals surface area contributed by atoms with E-state index < -0.39 is 0 Å². The lowest BCUT2D eigenvalue weighted by atomic mass is 10.2. The number of carbonyl (C=O) groups is 1. The number of ether oxygens (including phenoxy) is 3. The van der Waals surface area contributed by atoms with Gasteiger partial charge in [0.25, 0.3) is 0 Å². The topological polar surface area (TPSA) is 72.5 Å². The molecule has 0 aliphatic carbocycles. The summed E-state index contributed by atoms with van der Waals surface area (Å²) in [6, 6.07) is 3.75. The van der Waals surface area contributed by atoms with Gasteiger partial charge in [0.05, 0.1) is 44.9 Å². The van der Waals surface area contributed by atoms with E-state index in [-0.39, 0.29) is 12.5 Å². The predicted molar refractivity (Wildman–Crippen MR) is 100 cm³/mol. The van der Waals surface area contributed by atoms with Gasteiger partial charge in [-0.15, -0.1) is 0 Å². The molecule has 0 aromatic heterocycles. The Morgan fingerprint density at radius 1 is 1.19 bits per heavy atom. The molecule has 1 aliphatic heterocycles. The van der Waals surface area contributed by atoms with E-state index in [2.05, 4.69) is 10.2 Å². The first-order valence-electron chi connectivity index (χ1n) is 8.90. The van der Waals surface area contributed by atoms with E-state index in [1.165, 1.54) is 12.2 Å². The molecule has 1 aromatic rings. The summed E-state index contributed by atoms with van der Waals surface area (Å²) in [6.07, 6.45) is 0. The number of likely N-dealkylation sites (N-methyl/N-ethyl adjacent to an activating group) is 1. The smallest absolute Gasteiger partial charge is 0.241 e. The predicted octanol–water partition coefficient (Wildman–Crippen LogP) is 1.75. The highest BCUT2D eigenvalue weighted by atomic mass is 16.7. The van der Waals surface area contributed by atoms with Crippen LogP contribution in [0, 0.1) is 0 Å². The van der Waals surface area contributed by atoms with Crippen LogP contribution in [-0.4, -0.2) is 71.2 Å². The van der Waals surface area contributed by atoms with Crippen molar-refractivity contribution in [2.24, 2.45) is 0 Å². The molecule has 0 radical (unpaired) electrons. The average molecular weight is 367 g/mol. The van der Waals surface area contributed by atoms with Gasteiger partial charge in [-0.1, -0.05) is 0 Å². The number of rotatable bonds is 9. The third kappa shape index (κ3) is 5.48. The van der Waals surface area contributed by atoms with Crippen LogP contribution < -0.4 is 19.7 Å². The van der Waals surface area contributed by atoms with E-state index in [1.807, 2.05) is 26.0 Å². The van der Waals surface area contributed by atoms with E-state index in [0.717, 1.165) is 18.8 Å². The summed E-state index contributed by atoms with van der Waals surface area (Å²) < 4.78 is 17.0. The fourth-order valence-electron chi connectivity index (χ4n) is 2.70. The first-order valence-corrected chi connectivity index (χ1v) is 8.90. The highest BCUT2D eigenvalue weighted by molar-refractivity contribution is 5.94. The second kappa shape index (κ2) is 10.2. The second-order valence-corrected chi connectivity index (χ2v) is 5.80. The maximum atomic E-state index is 12.2. The summed E-state index contributed by atoms with van der Waals surface area (Å²) >= 11 is 0. The number of hydroxylamine groups is 2. The Balaban J connectivity index is 2.30. The SMILES string of the molecule is CCOc1cc(N2CCOCC2)c(OCC)cc1NC(=O)CN(C)OC. The fourth-order valence-corrected chi connectivity index (χ4v) is 2.70. The van der Waals surface area contributed by atoms with E-state index in [9.17, 15) is 4.79 Å². The first kappa shape index (κ1) is 20.3. The number of nitrogens with zero attached hydrogens (tertiary/aromatic N) is 2. The van der Waals surface area contributed by atoms with Gasteiger partial charge in [0.2, 0.25) is 5.91 Å². The summed E-state index contributed by atoms with van der Waals surface area (Å²) in [5.41, 5.74) is 1.53. The summed E-state index contributed by atoms with van der Waals surface area (Å²) in [5, 5.41) is 4.33. The number of carbonyl (C=O) groups excluding carboxylic acids is 1. The lowest BCUT2D eigenvalue weighted by Crippen LogP contribution is -2.36.